The average molecular weight is 713 g/mol. The molecule has 50 heavy (non-hydrogen) atoms. The van der Waals surface area contributed by atoms with Gasteiger partial charge in [-0.1, -0.05) is 41.6 Å². The second kappa shape index (κ2) is 14.3. The molecule has 0 radical (unpaired) electrons. The van der Waals surface area contributed by atoms with E-state index >= 15 is 0 Å². The zero-order valence-corrected chi connectivity index (χ0v) is 29.5. The van der Waals surface area contributed by atoms with Crippen molar-refractivity contribution in [1.82, 2.24) is 20.0 Å². The zero-order chi connectivity index (χ0) is 41.5. The molecule has 0 bridgehead atoms. The zero-order valence-electron chi connectivity index (χ0n) is 33.7. The number of hydrogen-bond donors (Lipinski definition) is 1. The van der Waals surface area contributed by atoms with Crippen LogP contribution in [0.25, 0.3) is 34.0 Å². The number of benzene rings is 2. The van der Waals surface area contributed by atoms with Crippen LogP contribution in [0.3, 0.4) is 0 Å². The number of sulfone groups is 1. The van der Waals surface area contributed by atoms with Gasteiger partial charge in [0.2, 0.25) is 0 Å². The lowest BCUT2D eigenvalue weighted by molar-refractivity contribution is 0.0428. The first-order chi connectivity index (χ1) is 25.1. The minimum Gasteiger partial charge on any atom is -0.465 e. The highest BCUT2D eigenvalue weighted by molar-refractivity contribution is 7.92. The Morgan fingerprint density at radius 3 is 1.96 bits per heavy atom. The highest BCUT2D eigenvalue weighted by Gasteiger charge is 2.37. The Bertz CT molecular complexity index is 2150. The first-order valence-corrected chi connectivity index (χ1v) is 16.8. The van der Waals surface area contributed by atoms with Crippen LogP contribution in [0.4, 0.5) is 20.2 Å². The molecular formula is C35H41N5O9S. The summed E-state index contributed by atoms with van der Waals surface area (Å²) in [4.78, 5) is 48.4. The maximum Gasteiger partial charge on any atom is 0.425 e. The molecular weight excluding hydrogens is 666 g/mol. The number of carbonyl (C=O) groups excluding carboxylic acids is 2. The van der Waals surface area contributed by atoms with E-state index in [0.717, 1.165) is 0 Å². The van der Waals surface area contributed by atoms with Crippen LogP contribution in [0.2, 0.25) is 0 Å². The molecule has 15 heteroatoms. The molecule has 2 aromatic heterocycles. The number of carboxylic acid groups (broad SMARTS) is 1. The second-order valence-corrected chi connectivity index (χ2v) is 15.7. The molecule has 14 nitrogen and oxygen atoms in total. The number of amides is 3. The molecule has 1 N–H and O–H groups in total. The van der Waals surface area contributed by atoms with Crippen molar-refractivity contribution in [2.45, 2.75) is 83.2 Å². The summed E-state index contributed by atoms with van der Waals surface area (Å²) in [5.41, 5.74) is -1.54. The second-order valence-electron chi connectivity index (χ2n) is 13.2. The van der Waals surface area contributed by atoms with E-state index in [1.165, 1.54) is 60.8 Å². The van der Waals surface area contributed by atoms with Gasteiger partial charge in [-0.2, -0.15) is 4.90 Å². The van der Waals surface area contributed by atoms with Crippen LogP contribution in [-0.4, -0.2) is 75.3 Å². The highest BCUT2D eigenvalue weighted by atomic mass is 32.2. The largest absolute Gasteiger partial charge is 0.465 e. The molecule has 2 heterocycles. The minimum absolute atomic E-state index is 0.0881. The van der Waals surface area contributed by atoms with Crippen molar-refractivity contribution in [3.63, 3.8) is 0 Å². The number of carbonyl (C=O) groups is 3. The third-order valence-corrected chi connectivity index (χ3v) is 8.74. The Labute approximate surface area is 298 Å². The van der Waals surface area contributed by atoms with Crippen LogP contribution >= 0.6 is 0 Å². The number of rotatable bonds is 8. The molecule has 266 valence electrons. The highest BCUT2D eigenvalue weighted by Crippen LogP contribution is 2.35. The summed E-state index contributed by atoms with van der Waals surface area (Å²) in [5.74, 6) is -0.481. The van der Waals surface area contributed by atoms with Gasteiger partial charge >= 0.3 is 18.3 Å². The number of nitrogens with zero attached hydrogens (tertiary/aromatic N) is 5. The molecule has 0 atom stereocenters. The predicted molar refractivity (Wildman–Crippen MR) is 185 cm³/mol. The Morgan fingerprint density at radius 1 is 0.920 bits per heavy atom. The van der Waals surface area contributed by atoms with Crippen molar-refractivity contribution in [2.75, 3.05) is 11.9 Å². The maximum absolute atomic E-state index is 13.6. The van der Waals surface area contributed by atoms with Crippen LogP contribution in [0.1, 0.15) is 67.8 Å². The van der Waals surface area contributed by atoms with Crippen LogP contribution in [-0.2, 0) is 25.8 Å². The molecule has 0 saturated heterocycles. The van der Waals surface area contributed by atoms with Gasteiger partial charge in [-0.25, -0.2) is 32.8 Å². The van der Waals surface area contributed by atoms with Crippen LogP contribution in [0, 0.1) is 0 Å². The Balaban J connectivity index is 1.88. The van der Waals surface area contributed by atoms with Gasteiger partial charge in [-0.15, -0.1) is 0 Å². The first kappa shape index (κ1) is 30.7. The molecule has 0 aliphatic rings. The van der Waals surface area contributed by atoms with Gasteiger partial charge in [0.1, 0.15) is 16.9 Å². The minimum atomic E-state index is -3.59. The Morgan fingerprint density at radius 2 is 1.46 bits per heavy atom. The molecule has 0 saturated carbocycles. The Hall–Kier alpha value is -5.31. The molecule has 2 aromatic carbocycles. The molecule has 0 fully saturated rings. The predicted octanol–water partition coefficient (Wildman–Crippen LogP) is 7.43. The van der Waals surface area contributed by atoms with Crippen molar-refractivity contribution >= 4 is 33.9 Å². The van der Waals surface area contributed by atoms with E-state index in [-0.39, 0.29) is 44.0 Å². The monoisotopic (exact) mass is 712 g/mol. The summed E-state index contributed by atoms with van der Waals surface area (Å²) in [7, 11) is -3.59. The van der Waals surface area contributed by atoms with Gasteiger partial charge in [0, 0.05) is 34.8 Å². The summed E-state index contributed by atoms with van der Waals surface area (Å²) < 4.78 is 81.3. The third-order valence-electron chi connectivity index (χ3n) is 6.57. The number of hydrogen-bond acceptors (Lipinski definition) is 11. The lowest BCUT2D eigenvalue weighted by Gasteiger charge is -2.28. The van der Waals surface area contributed by atoms with Gasteiger partial charge < -0.3 is 24.0 Å². The van der Waals surface area contributed by atoms with Gasteiger partial charge in [-0.05, 0) is 73.1 Å². The van der Waals surface area contributed by atoms with Crippen LogP contribution < -0.4 is 4.90 Å². The molecule has 4 rings (SSSR count). The summed E-state index contributed by atoms with van der Waals surface area (Å²) in [5, 5.41) is 12.9. The SMILES string of the molecule is [2H]C([2H])([2H])N(C(=O)O)C([2H])([2H])c1ccc(-c2cc(-c3nc(-c4ccc(S(=O)(=O)C(C)C)cc4)cnc3N(C(=O)OC(C)(C)C)C(=O)OC(C)(C)C)on2)cc1. The average Bonchev–Trinajstić information content (AvgIpc) is 3.52. The van der Waals surface area contributed by atoms with Gasteiger partial charge in [0.25, 0.3) is 0 Å². The van der Waals surface area contributed by atoms with Crippen molar-refractivity contribution in [3.05, 3.63) is 66.4 Å². The van der Waals surface area contributed by atoms with E-state index in [1.54, 1.807) is 55.4 Å². The summed E-state index contributed by atoms with van der Waals surface area (Å²) in [6.07, 6.45) is -3.02. The number of aromatic nitrogens is 3. The summed E-state index contributed by atoms with van der Waals surface area (Å²) in [6.45, 7) is 6.45. The smallest absolute Gasteiger partial charge is 0.425 e. The lowest BCUT2D eigenvalue weighted by atomic mass is 10.1. The van der Waals surface area contributed by atoms with Gasteiger partial charge in [-0.3, -0.25) is 0 Å². The van der Waals surface area contributed by atoms with Crippen molar-refractivity contribution in [3.8, 4) is 34.0 Å². The molecule has 0 unspecified atom stereocenters. The topological polar surface area (TPSA) is 182 Å². The number of ether oxygens (including phenoxy) is 2. The van der Waals surface area contributed by atoms with Crippen molar-refractivity contribution in [2.24, 2.45) is 0 Å². The first-order valence-electron chi connectivity index (χ1n) is 17.7. The van der Waals surface area contributed by atoms with E-state index in [4.69, 9.17) is 20.9 Å². The molecule has 4 aromatic rings. The van der Waals surface area contributed by atoms with Crippen LogP contribution in [0.5, 0.6) is 0 Å². The molecule has 3 amide bonds. The standard InChI is InChI=1S/C35H41N5O9S/c1-21(2)50(45,46)25-16-14-24(15-17-25)27-19-36-30(40(32(43)47-34(3,4)5)33(44)48-35(6,7)8)29(37-27)28-18-26(38-49-28)23-12-10-22(11-13-23)20-39(9)31(41)42/h10-19,21H,20H2,1-9H3,(H,41,42)/i9D3,20D2. The van der Waals surface area contributed by atoms with Crippen molar-refractivity contribution in [1.29, 1.82) is 0 Å². The molecule has 0 aliphatic heterocycles. The Kier molecular flexibility index (Phi) is 8.77. The van der Waals surface area contributed by atoms with Crippen molar-refractivity contribution < 1.29 is 48.8 Å². The number of anilines is 1. The molecule has 0 aliphatic carbocycles. The van der Waals surface area contributed by atoms with E-state index < -0.39 is 58.0 Å². The van der Waals surface area contributed by atoms with Gasteiger partial charge in [0.15, 0.2) is 27.1 Å². The molecule has 0 spiro atoms. The summed E-state index contributed by atoms with van der Waals surface area (Å²) >= 11 is 0. The van der Waals surface area contributed by atoms with E-state index in [2.05, 4.69) is 15.1 Å². The van der Waals surface area contributed by atoms with E-state index in [9.17, 15) is 27.9 Å². The van der Waals surface area contributed by atoms with Gasteiger partial charge in [0.05, 0.1) is 24.8 Å². The van der Waals surface area contributed by atoms with E-state index in [1.807, 2.05) is 0 Å². The fourth-order valence-electron chi connectivity index (χ4n) is 4.22. The van der Waals surface area contributed by atoms with Crippen LogP contribution in [0.15, 0.2) is 70.2 Å². The number of imide groups is 1. The lowest BCUT2D eigenvalue weighted by Crippen LogP contribution is -2.44. The quantitative estimate of drug-likeness (QED) is 0.191. The summed E-state index contributed by atoms with van der Waals surface area (Å²) in [6, 6.07) is 12.3. The maximum atomic E-state index is 13.6. The fraction of sp³-hybridized carbons (Fsp3) is 0.371. The van der Waals surface area contributed by atoms with E-state index in [0.29, 0.717) is 16.0 Å². The third kappa shape index (κ3) is 9.02. The fourth-order valence-corrected chi connectivity index (χ4v) is 5.28. The normalized spacial score (nSPS) is 14.1.